The Morgan fingerprint density at radius 3 is 2.50 bits per heavy atom. The van der Waals surface area contributed by atoms with Gasteiger partial charge in [0.1, 0.15) is 11.8 Å². The molecule has 3 fully saturated rings. The summed E-state index contributed by atoms with van der Waals surface area (Å²) in [6.45, 7) is 1.98. The summed E-state index contributed by atoms with van der Waals surface area (Å²) in [6, 6.07) is 8.26. The van der Waals surface area contributed by atoms with Gasteiger partial charge in [0, 0.05) is 51.1 Å². The summed E-state index contributed by atoms with van der Waals surface area (Å²) in [5, 5.41) is 2.83. The van der Waals surface area contributed by atoms with Crippen molar-refractivity contribution in [3.63, 3.8) is 0 Å². The average Bonchev–Trinajstić information content (AvgIpc) is 3.57. The Kier molecular flexibility index (Phi) is 6.06. The molecular weight excluding hydrogens is 386 g/mol. The van der Waals surface area contributed by atoms with Crippen LogP contribution in [0, 0.1) is 5.92 Å². The summed E-state index contributed by atoms with van der Waals surface area (Å²) < 4.78 is 11.2. The molecule has 0 aromatic heterocycles. The van der Waals surface area contributed by atoms with Gasteiger partial charge in [0.05, 0.1) is 13.2 Å². The van der Waals surface area contributed by atoms with E-state index in [2.05, 4.69) is 5.32 Å². The van der Waals surface area contributed by atoms with E-state index in [1.807, 2.05) is 11.0 Å². The molecule has 1 atom stereocenters. The molecule has 1 aromatic carbocycles. The fourth-order valence-electron chi connectivity index (χ4n) is 4.35. The molecule has 8 heteroatoms. The van der Waals surface area contributed by atoms with Gasteiger partial charge in [-0.1, -0.05) is 18.2 Å². The maximum absolute atomic E-state index is 13.5. The van der Waals surface area contributed by atoms with E-state index in [1.165, 1.54) is 0 Å². The fraction of sp³-hybridized carbons (Fsp3) is 0.591. The van der Waals surface area contributed by atoms with E-state index in [0.29, 0.717) is 44.6 Å². The molecule has 0 radical (unpaired) electrons. The third-order valence-corrected chi connectivity index (χ3v) is 6.19. The number of methoxy groups -OCH3 is 1. The van der Waals surface area contributed by atoms with E-state index in [9.17, 15) is 14.4 Å². The lowest BCUT2D eigenvalue weighted by molar-refractivity contribution is -0.144. The third kappa shape index (κ3) is 4.06. The minimum atomic E-state index is -0.865. The van der Waals surface area contributed by atoms with Gasteiger partial charge in [-0.05, 0) is 25.0 Å². The van der Waals surface area contributed by atoms with Crippen LogP contribution in [-0.2, 0) is 19.1 Å². The summed E-state index contributed by atoms with van der Waals surface area (Å²) in [4.78, 5) is 42.3. The third-order valence-electron chi connectivity index (χ3n) is 6.19. The van der Waals surface area contributed by atoms with Crippen LogP contribution in [0.2, 0.25) is 0 Å². The number of benzene rings is 1. The first-order valence-electron chi connectivity index (χ1n) is 10.6. The van der Waals surface area contributed by atoms with Crippen molar-refractivity contribution in [3.8, 4) is 0 Å². The minimum absolute atomic E-state index is 0.147. The van der Waals surface area contributed by atoms with Crippen LogP contribution in [0.4, 0.5) is 0 Å². The number of ether oxygens (including phenoxy) is 2. The number of hydrogen-bond donors (Lipinski definition) is 1. The highest BCUT2D eigenvalue weighted by Crippen LogP contribution is 2.40. The molecule has 1 aliphatic carbocycles. The van der Waals surface area contributed by atoms with Crippen LogP contribution in [-0.4, -0.2) is 79.2 Å². The molecule has 1 aromatic rings. The van der Waals surface area contributed by atoms with Crippen molar-refractivity contribution < 1.29 is 23.9 Å². The second-order valence-corrected chi connectivity index (χ2v) is 8.20. The smallest absolute Gasteiger partial charge is 0.256 e. The molecule has 2 aliphatic heterocycles. The summed E-state index contributed by atoms with van der Waals surface area (Å²) in [5.74, 6) is -0.0887. The molecule has 3 aliphatic rings. The molecule has 0 unspecified atom stereocenters. The van der Waals surface area contributed by atoms with Gasteiger partial charge >= 0.3 is 0 Å². The van der Waals surface area contributed by atoms with Crippen LogP contribution in [0.3, 0.4) is 0 Å². The highest BCUT2D eigenvalue weighted by molar-refractivity contribution is 5.98. The van der Waals surface area contributed by atoms with Crippen molar-refractivity contribution in [2.45, 2.75) is 37.5 Å². The van der Waals surface area contributed by atoms with Crippen molar-refractivity contribution in [1.82, 2.24) is 15.1 Å². The predicted molar refractivity (Wildman–Crippen MR) is 109 cm³/mol. The summed E-state index contributed by atoms with van der Waals surface area (Å²) in [5.41, 5.74) is -0.343. The van der Waals surface area contributed by atoms with Crippen LogP contribution < -0.4 is 5.32 Å². The molecule has 2 heterocycles. The zero-order valence-electron chi connectivity index (χ0n) is 17.3. The van der Waals surface area contributed by atoms with Gasteiger partial charge in [-0.15, -0.1) is 0 Å². The SMILES string of the molecule is COCCNC(=O)[C@H]1COC2(CCN(C(=O)C3CC3)CC2)N1C(=O)c1ccccc1. The predicted octanol–water partition coefficient (Wildman–Crippen LogP) is 1.02. The van der Waals surface area contributed by atoms with E-state index >= 15 is 0 Å². The number of amides is 3. The zero-order chi connectivity index (χ0) is 21.1. The van der Waals surface area contributed by atoms with Crippen LogP contribution in [0.1, 0.15) is 36.0 Å². The van der Waals surface area contributed by atoms with Crippen LogP contribution >= 0.6 is 0 Å². The fourth-order valence-corrected chi connectivity index (χ4v) is 4.35. The number of carbonyl (C=O) groups excluding carboxylic acids is 3. The molecule has 3 amide bonds. The van der Waals surface area contributed by atoms with E-state index < -0.39 is 11.8 Å². The molecule has 2 saturated heterocycles. The largest absolute Gasteiger partial charge is 0.383 e. The first-order chi connectivity index (χ1) is 14.6. The Hall–Kier alpha value is -2.45. The van der Waals surface area contributed by atoms with Gasteiger partial charge in [-0.2, -0.15) is 0 Å². The maximum Gasteiger partial charge on any atom is 0.256 e. The van der Waals surface area contributed by atoms with E-state index in [4.69, 9.17) is 9.47 Å². The highest BCUT2D eigenvalue weighted by atomic mass is 16.5. The van der Waals surface area contributed by atoms with Crippen LogP contribution in [0.5, 0.6) is 0 Å². The lowest BCUT2D eigenvalue weighted by atomic mass is 9.96. The van der Waals surface area contributed by atoms with Gasteiger partial charge in [0.2, 0.25) is 11.8 Å². The van der Waals surface area contributed by atoms with E-state index in [1.54, 1.807) is 36.3 Å². The number of nitrogens with one attached hydrogen (secondary N) is 1. The van der Waals surface area contributed by atoms with Crippen LogP contribution in [0.15, 0.2) is 30.3 Å². The first-order valence-corrected chi connectivity index (χ1v) is 10.6. The van der Waals surface area contributed by atoms with Gasteiger partial charge in [-0.25, -0.2) is 0 Å². The Morgan fingerprint density at radius 2 is 1.87 bits per heavy atom. The molecule has 4 rings (SSSR count). The number of rotatable bonds is 6. The van der Waals surface area contributed by atoms with Gasteiger partial charge in [-0.3, -0.25) is 19.3 Å². The Labute approximate surface area is 176 Å². The first kappa shape index (κ1) is 20.8. The molecule has 30 heavy (non-hydrogen) atoms. The Balaban J connectivity index is 1.54. The Morgan fingerprint density at radius 1 is 1.17 bits per heavy atom. The summed E-state index contributed by atoms with van der Waals surface area (Å²) in [7, 11) is 1.57. The van der Waals surface area contributed by atoms with Crippen LogP contribution in [0.25, 0.3) is 0 Å². The Bertz CT molecular complexity index is 787. The standard InChI is InChI=1S/C22H29N3O5/c1-29-14-11-23-19(26)18-15-30-22(25(18)21(28)16-5-3-2-4-6-16)9-12-24(13-10-22)20(27)17-7-8-17/h2-6,17-18H,7-15H2,1H3,(H,23,26)/t18-/m1/s1. The number of carbonyl (C=O) groups is 3. The topological polar surface area (TPSA) is 88.2 Å². The van der Waals surface area contributed by atoms with Crippen molar-refractivity contribution in [2.24, 2.45) is 5.92 Å². The van der Waals surface area contributed by atoms with Gasteiger partial charge in [0.15, 0.2) is 0 Å². The number of nitrogens with zero attached hydrogens (tertiary/aromatic N) is 2. The molecule has 8 nitrogen and oxygen atoms in total. The molecule has 0 bridgehead atoms. The summed E-state index contributed by atoms with van der Waals surface area (Å²) in [6.07, 6.45) is 2.95. The van der Waals surface area contributed by atoms with Gasteiger partial charge in [0.25, 0.3) is 5.91 Å². The lowest BCUT2D eigenvalue weighted by Gasteiger charge is -2.44. The van der Waals surface area contributed by atoms with Gasteiger partial charge < -0.3 is 19.7 Å². The second kappa shape index (κ2) is 8.73. The second-order valence-electron chi connectivity index (χ2n) is 8.20. The molecule has 1 saturated carbocycles. The number of likely N-dealkylation sites (tertiary alicyclic amines) is 1. The van der Waals surface area contributed by atoms with E-state index in [-0.39, 0.29) is 30.2 Å². The monoisotopic (exact) mass is 415 g/mol. The summed E-state index contributed by atoms with van der Waals surface area (Å²) >= 11 is 0. The minimum Gasteiger partial charge on any atom is -0.383 e. The number of piperidine rings is 1. The van der Waals surface area contributed by atoms with E-state index in [0.717, 1.165) is 12.8 Å². The van der Waals surface area contributed by atoms with Crippen molar-refractivity contribution >= 4 is 17.7 Å². The normalized spacial score (nSPS) is 22.9. The molecular formula is C22H29N3O5. The quantitative estimate of drug-likeness (QED) is 0.701. The lowest BCUT2D eigenvalue weighted by Crippen LogP contribution is -2.60. The zero-order valence-corrected chi connectivity index (χ0v) is 17.3. The average molecular weight is 415 g/mol. The molecule has 1 spiro atoms. The van der Waals surface area contributed by atoms with Crippen molar-refractivity contribution in [1.29, 1.82) is 0 Å². The van der Waals surface area contributed by atoms with Crippen molar-refractivity contribution in [3.05, 3.63) is 35.9 Å². The number of hydrogen-bond acceptors (Lipinski definition) is 5. The maximum atomic E-state index is 13.5. The molecule has 1 N–H and O–H groups in total. The highest BCUT2D eigenvalue weighted by Gasteiger charge is 2.54. The van der Waals surface area contributed by atoms with Crippen molar-refractivity contribution in [2.75, 3.05) is 40.0 Å². The molecule has 162 valence electrons.